The predicted octanol–water partition coefficient (Wildman–Crippen LogP) is 3.87. The molecule has 33 heavy (non-hydrogen) atoms. The topological polar surface area (TPSA) is 86.8 Å². The van der Waals surface area contributed by atoms with E-state index in [2.05, 4.69) is 5.32 Å². The number of likely N-dealkylation sites (N-methyl/N-ethyl adjacent to an activating group) is 1. The number of amides is 2. The van der Waals surface area contributed by atoms with Crippen molar-refractivity contribution in [2.45, 2.75) is 44.7 Å². The molecule has 1 atom stereocenters. The van der Waals surface area contributed by atoms with Gasteiger partial charge in [-0.25, -0.2) is 8.42 Å². The number of hydrogen-bond acceptors (Lipinski definition) is 4. The van der Waals surface area contributed by atoms with Crippen LogP contribution in [0.2, 0.25) is 10.0 Å². The van der Waals surface area contributed by atoms with E-state index in [9.17, 15) is 18.0 Å². The van der Waals surface area contributed by atoms with Crippen molar-refractivity contribution >= 4 is 45.0 Å². The van der Waals surface area contributed by atoms with Crippen molar-refractivity contribution < 1.29 is 18.0 Å². The van der Waals surface area contributed by atoms with Crippen LogP contribution in [-0.4, -0.2) is 55.6 Å². The van der Waals surface area contributed by atoms with E-state index in [1.807, 2.05) is 13.8 Å². The fraction of sp³-hybridized carbons (Fsp3) is 0.391. The van der Waals surface area contributed by atoms with Gasteiger partial charge in [-0.05, 0) is 44.5 Å². The smallest absolute Gasteiger partial charge is 0.243 e. The Morgan fingerprint density at radius 1 is 1.06 bits per heavy atom. The summed E-state index contributed by atoms with van der Waals surface area (Å²) in [6.07, 6.45) is 0.736. The molecule has 0 aliphatic carbocycles. The minimum absolute atomic E-state index is 0.0452. The molecule has 0 aliphatic rings. The number of halogens is 2. The number of benzene rings is 2. The normalized spacial score (nSPS) is 12.5. The highest BCUT2D eigenvalue weighted by molar-refractivity contribution is 7.89. The zero-order valence-electron chi connectivity index (χ0n) is 19.1. The lowest BCUT2D eigenvalue weighted by molar-refractivity contribution is -0.140. The van der Waals surface area contributed by atoms with Crippen molar-refractivity contribution in [1.82, 2.24) is 14.5 Å². The monoisotopic (exact) mass is 513 g/mol. The molecular weight excluding hydrogens is 485 g/mol. The largest absolute Gasteiger partial charge is 0.354 e. The maximum absolute atomic E-state index is 13.3. The summed E-state index contributed by atoms with van der Waals surface area (Å²) in [5.74, 6) is -0.902. The number of nitrogens with zero attached hydrogens (tertiary/aromatic N) is 2. The molecule has 0 heterocycles. The molecule has 0 saturated carbocycles. The van der Waals surface area contributed by atoms with Gasteiger partial charge < -0.3 is 10.2 Å². The van der Waals surface area contributed by atoms with Gasteiger partial charge in [0.05, 0.1) is 11.4 Å². The molecule has 1 N–H and O–H groups in total. The van der Waals surface area contributed by atoms with Crippen molar-refractivity contribution in [1.29, 1.82) is 0 Å². The molecular formula is C23H29Cl2N3O4S. The van der Waals surface area contributed by atoms with Crippen LogP contribution in [0.5, 0.6) is 0 Å². The first-order valence-corrected chi connectivity index (χ1v) is 12.7. The lowest BCUT2D eigenvalue weighted by atomic mass is 10.1. The lowest BCUT2D eigenvalue weighted by Crippen LogP contribution is -2.50. The van der Waals surface area contributed by atoms with E-state index in [1.165, 1.54) is 24.1 Å². The first kappa shape index (κ1) is 27.1. The zero-order valence-corrected chi connectivity index (χ0v) is 21.5. The minimum atomic E-state index is -3.90. The van der Waals surface area contributed by atoms with Crippen molar-refractivity contribution in [3.63, 3.8) is 0 Å². The third-order valence-corrected chi connectivity index (χ3v) is 7.72. The predicted molar refractivity (Wildman–Crippen MR) is 131 cm³/mol. The first-order valence-electron chi connectivity index (χ1n) is 10.5. The second-order valence-corrected chi connectivity index (χ2v) is 10.6. The van der Waals surface area contributed by atoms with Crippen LogP contribution in [-0.2, 0) is 26.2 Å². The van der Waals surface area contributed by atoms with Gasteiger partial charge in [-0.15, -0.1) is 0 Å². The second-order valence-electron chi connectivity index (χ2n) is 7.76. The summed E-state index contributed by atoms with van der Waals surface area (Å²) in [6, 6.07) is 10.5. The molecule has 0 fully saturated rings. The van der Waals surface area contributed by atoms with E-state index >= 15 is 0 Å². The Balaban J connectivity index is 2.32. The van der Waals surface area contributed by atoms with E-state index in [1.54, 1.807) is 37.3 Å². The van der Waals surface area contributed by atoms with Crippen LogP contribution < -0.4 is 5.32 Å². The van der Waals surface area contributed by atoms with Gasteiger partial charge in [0.1, 0.15) is 6.04 Å². The highest BCUT2D eigenvalue weighted by Crippen LogP contribution is 2.27. The van der Waals surface area contributed by atoms with Crippen LogP contribution in [0.25, 0.3) is 0 Å². The molecule has 180 valence electrons. The Morgan fingerprint density at radius 3 is 2.18 bits per heavy atom. The second kappa shape index (κ2) is 11.8. The Labute approximate surface area is 205 Å². The van der Waals surface area contributed by atoms with E-state index in [4.69, 9.17) is 23.2 Å². The van der Waals surface area contributed by atoms with Crippen LogP contribution in [0.4, 0.5) is 0 Å². The Bertz CT molecular complexity index is 1070. The number of rotatable bonds is 10. The average molecular weight is 514 g/mol. The number of aryl methyl sites for hydroxylation is 1. The molecule has 0 saturated heterocycles. The third-order valence-electron chi connectivity index (χ3n) is 5.19. The Hall–Kier alpha value is -2.13. The molecule has 10 heteroatoms. The molecule has 0 radical (unpaired) electrons. The Kier molecular flexibility index (Phi) is 9.72. The fourth-order valence-corrected chi connectivity index (χ4v) is 4.73. The summed E-state index contributed by atoms with van der Waals surface area (Å²) in [4.78, 5) is 27.3. The average Bonchev–Trinajstić information content (AvgIpc) is 2.77. The summed E-state index contributed by atoms with van der Waals surface area (Å²) in [5, 5.41) is 3.46. The quantitative estimate of drug-likeness (QED) is 0.522. The molecule has 0 spiro atoms. The van der Waals surface area contributed by atoms with Gasteiger partial charge in [-0.2, -0.15) is 4.31 Å². The van der Waals surface area contributed by atoms with Gasteiger partial charge in [0, 0.05) is 35.7 Å². The molecule has 2 aromatic rings. The third kappa shape index (κ3) is 6.93. The number of carbonyl (C=O) groups is 2. The van der Waals surface area contributed by atoms with Crippen LogP contribution in [0, 0.1) is 6.92 Å². The first-order chi connectivity index (χ1) is 15.5. The van der Waals surface area contributed by atoms with Crippen LogP contribution in [0.15, 0.2) is 47.4 Å². The zero-order chi connectivity index (χ0) is 24.8. The van der Waals surface area contributed by atoms with Gasteiger partial charge in [-0.3, -0.25) is 9.59 Å². The van der Waals surface area contributed by atoms with Crippen molar-refractivity contribution in [2.75, 3.05) is 20.1 Å². The standard InChI is InChI=1S/C23H29Cl2N3O4S/c1-5-13-26-23(30)17(3)28(14-19-20(24)7-6-8-21(19)25)22(29)15-27(4)33(31,32)18-11-9-16(2)10-12-18/h6-12,17H,5,13-15H2,1-4H3,(H,26,30). The summed E-state index contributed by atoms with van der Waals surface area (Å²) < 4.78 is 26.9. The van der Waals surface area contributed by atoms with Crippen molar-refractivity contribution in [2.24, 2.45) is 0 Å². The van der Waals surface area contributed by atoms with E-state index < -0.39 is 28.5 Å². The molecule has 0 bridgehead atoms. The molecule has 7 nitrogen and oxygen atoms in total. The molecule has 1 unspecified atom stereocenters. The van der Waals surface area contributed by atoms with Crippen LogP contribution in [0.3, 0.4) is 0 Å². The lowest BCUT2D eigenvalue weighted by Gasteiger charge is -2.30. The van der Waals surface area contributed by atoms with Crippen LogP contribution in [0.1, 0.15) is 31.4 Å². The van der Waals surface area contributed by atoms with Crippen molar-refractivity contribution in [3.05, 3.63) is 63.6 Å². The van der Waals surface area contributed by atoms with Gasteiger partial charge in [0.2, 0.25) is 21.8 Å². The molecule has 0 aliphatic heterocycles. The van der Waals surface area contributed by atoms with E-state index in [0.29, 0.717) is 22.2 Å². The highest BCUT2D eigenvalue weighted by atomic mass is 35.5. The minimum Gasteiger partial charge on any atom is -0.354 e. The van der Waals surface area contributed by atoms with E-state index in [0.717, 1.165) is 16.3 Å². The van der Waals surface area contributed by atoms with Gasteiger partial charge >= 0.3 is 0 Å². The van der Waals surface area contributed by atoms with Gasteiger partial charge in [0.15, 0.2) is 0 Å². The van der Waals surface area contributed by atoms with Gasteiger partial charge in [-0.1, -0.05) is 53.9 Å². The number of hydrogen-bond donors (Lipinski definition) is 1. The molecule has 2 aromatic carbocycles. The fourth-order valence-electron chi connectivity index (χ4n) is 3.09. The summed E-state index contributed by atoms with van der Waals surface area (Å²) in [6.45, 7) is 5.32. The number of nitrogens with one attached hydrogen (secondary N) is 1. The number of carbonyl (C=O) groups excluding carboxylic acids is 2. The molecule has 2 rings (SSSR count). The highest BCUT2D eigenvalue weighted by Gasteiger charge is 2.31. The summed E-state index contributed by atoms with van der Waals surface area (Å²) >= 11 is 12.6. The summed E-state index contributed by atoms with van der Waals surface area (Å²) in [7, 11) is -2.57. The number of sulfonamides is 1. The van der Waals surface area contributed by atoms with Gasteiger partial charge in [0.25, 0.3) is 0 Å². The SMILES string of the molecule is CCCNC(=O)C(C)N(Cc1c(Cl)cccc1Cl)C(=O)CN(C)S(=O)(=O)c1ccc(C)cc1. The Morgan fingerprint density at radius 2 is 1.64 bits per heavy atom. The summed E-state index contributed by atoms with van der Waals surface area (Å²) in [5.41, 5.74) is 1.40. The maximum atomic E-state index is 13.3. The van der Waals surface area contributed by atoms with E-state index in [-0.39, 0.29) is 17.3 Å². The maximum Gasteiger partial charge on any atom is 0.243 e. The van der Waals surface area contributed by atoms with Crippen LogP contribution >= 0.6 is 23.2 Å². The molecule has 0 aromatic heterocycles. The van der Waals surface area contributed by atoms with Crippen molar-refractivity contribution in [3.8, 4) is 0 Å². The molecule has 2 amide bonds.